The van der Waals surface area contributed by atoms with Crippen LogP contribution < -0.4 is 16.2 Å². The molecular formula is C19H15FN4O3. The molecule has 2 aromatic heterocycles. The Bertz CT molecular complexity index is 1210. The van der Waals surface area contributed by atoms with Gasteiger partial charge in [-0.1, -0.05) is 0 Å². The molecule has 2 heterocycles. The van der Waals surface area contributed by atoms with Crippen molar-refractivity contribution in [1.82, 2.24) is 15.3 Å². The van der Waals surface area contributed by atoms with Crippen molar-refractivity contribution in [3.8, 4) is 0 Å². The Kier molecular flexibility index (Phi) is 4.08. The number of carbonyl (C=O) groups is 1. The van der Waals surface area contributed by atoms with Gasteiger partial charge in [-0.25, -0.2) is 14.2 Å². The average molecular weight is 366 g/mol. The van der Waals surface area contributed by atoms with Gasteiger partial charge >= 0.3 is 6.03 Å². The quantitative estimate of drug-likeness (QED) is 0.515. The normalized spacial score (nSPS) is 12.2. The molecule has 0 aliphatic carbocycles. The number of amides is 2. The molecule has 0 saturated heterocycles. The van der Waals surface area contributed by atoms with Gasteiger partial charge in [0.2, 0.25) is 0 Å². The predicted molar refractivity (Wildman–Crippen MR) is 99.1 cm³/mol. The van der Waals surface area contributed by atoms with Crippen LogP contribution in [0, 0.1) is 5.82 Å². The number of H-pyrrole nitrogens is 1. The number of furan rings is 1. The molecule has 0 aliphatic rings. The zero-order valence-corrected chi connectivity index (χ0v) is 14.2. The fourth-order valence-electron chi connectivity index (χ4n) is 2.83. The number of hydrogen-bond donors (Lipinski definition) is 3. The summed E-state index contributed by atoms with van der Waals surface area (Å²) in [6, 6.07) is 9.87. The number of urea groups is 1. The van der Waals surface area contributed by atoms with E-state index in [1.807, 2.05) is 0 Å². The summed E-state index contributed by atoms with van der Waals surface area (Å²) in [4.78, 5) is 30.6. The SMILES string of the molecule is CC(NC(=O)Nc1ccc2nc[nH]c(=O)c2c1)c1cc2cc(F)ccc2o1. The Morgan fingerprint density at radius 2 is 2.07 bits per heavy atom. The van der Waals surface area contributed by atoms with Crippen molar-refractivity contribution in [1.29, 1.82) is 0 Å². The summed E-state index contributed by atoms with van der Waals surface area (Å²) in [5, 5.41) is 6.42. The summed E-state index contributed by atoms with van der Waals surface area (Å²) >= 11 is 0. The second-order valence-corrected chi connectivity index (χ2v) is 6.11. The first-order valence-corrected chi connectivity index (χ1v) is 8.23. The zero-order valence-electron chi connectivity index (χ0n) is 14.2. The number of nitrogens with one attached hydrogen (secondary N) is 3. The summed E-state index contributed by atoms with van der Waals surface area (Å²) in [6.07, 6.45) is 1.32. The molecule has 0 aliphatic heterocycles. The molecule has 0 bridgehead atoms. The first kappa shape index (κ1) is 16.8. The molecular weight excluding hydrogens is 351 g/mol. The van der Waals surface area contributed by atoms with E-state index in [1.54, 1.807) is 37.3 Å². The van der Waals surface area contributed by atoms with Gasteiger partial charge in [-0.2, -0.15) is 0 Å². The van der Waals surface area contributed by atoms with Crippen LogP contribution in [0.5, 0.6) is 0 Å². The molecule has 4 rings (SSSR count). The lowest BCUT2D eigenvalue weighted by molar-refractivity contribution is 0.248. The predicted octanol–water partition coefficient (Wildman–Crippen LogP) is 3.69. The van der Waals surface area contributed by atoms with E-state index in [0.29, 0.717) is 33.3 Å². The average Bonchev–Trinajstić information content (AvgIpc) is 3.05. The van der Waals surface area contributed by atoms with Gasteiger partial charge in [-0.15, -0.1) is 0 Å². The Labute approximate surface area is 152 Å². The number of aromatic amines is 1. The number of nitrogens with zero attached hydrogens (tertiary/aromatic N) is 1. The first-order chi connectivity index (χ1) is 13.0. The third-order valence-corrected chi connectivity index (χ3v) is 4.17. The zero-order chi connectivity index (χ0) is 19.0. The summed E-state index contributed by atoms with van der Waals surface area (Å²) in [5.74, 6) is 0.152. The molecule has 27 heavy (non-hydrogen) atoms. The van der Waals surface area contributed by atoms with Gasteiger partial charge in [0.15, 0.2) is 0 Å². The molecule has 1 atom stereocenters. The van der Waals surface area contributed by atoms with Crippen molar-refractivity contribution < 1.29 is 13.6 Å². The highest BCUT2D eigenvalue weighted by Crippen LogP contribution is 2.24. The Balaban J connectivity index is 1.49. The van der Waals surface area contributed by atoms with Gasteiger partial charge in [-0.05, 0) is 49.4 Å². The topological polar surface area (TPSA) is 100 Å². The van der Waals surface area contributed by atoms with E-state index in [2.05, 4.69) is 20.6 Å². The third kappa shape index (κ3) is 3.37. The van der Waals surface area contributed by atoms with Crippen LogP contribution in [0.15, 0.2) is 58.0 Å². The molecule has 7 nitrogen and oxygen atoms in total. The number of rotatable bonds is 3. The number of anilines is 1. The van der Waals surface area contributed by atoms with Gasteiger partial charge < -0.3 is 20.0 Å². The molecule has 2 amide bonds. The number of fused-ring (bicyclic) bond motifs is 2. The molecule has 4 aromatic rings. The maximum atomic E-state index is 13.3. The molecule has 0 radical (unpaired) electrons. The van der Waals surface area contributed by atoms with E-state index in [1.165, 1.54) is 18.5 Å². The molecule has 2 aromatic carbocycles. The van der Waals surface area contributed by atoms with Crippen LogP contribution in [0.2, 0.25) is 0 Å². The Morgan fingerprint density at radius 1 is 1.22 bits per heavy atom. The Morgan fingerprint density at radius 3 is 2.93 bits per heavy atom. The van der Waals surface area contributed by atoms with E-state index in [4.69, 9.17) is 4.42 Å². The largest absolute Gasteiger partial charge is 0.459 e. The van der Waals surface area contributed by atoms with Crippen molar-refractivity contribution in [2.24, 2.45) is 0 Å². The molecule has 1 unspecified atom stereocenters. The summed E-state index contributed by atoms with van der Waals surface area (Å²) in [7, 11) is 0. The van der Waals surface area contributed by atoms with E-state index >= 15 is 0 Å². The lowest BCUT2D eigenvalue weighted by Gasteiger charge is -2.12. The van der Waals surface area contributed by atoms with Crippen molar-refractivity contribution in [2.75, 3.05) is 5.32 Å². The van der Waals surface area contributed by atoms with Crippen molar-refractivity contribution in [3.05, 3.63) is 70.7 Å². The highest BCUT2D eigenvalue weighted by molar-refractivity contribution is 5.92. The molecule has 0 fully saturated rings. The van der Waals surface area contributed by atoms with Crippen LogP contribution in [0.4, 0.5) is 14.9 Å². The summed E-state index contributed by atoms with van der Waals surface area (Å²) in [5.41, 5.74) is 1.25. The first-order valence-electron chi connectivity index (χ1n) is 8.23. The van der Waals surface area contributed by atoms with E-state index in [0.717, 1.165) is 0 Å². The minimum Gasteiger partial charge on any atom is -0.459 e. The number of carbonyl (C=O) groups excluding carboxylic acids is 1. The second kappa shape index (κ2) is 6.56. The fraction of sp³-hybridized carbons (Fsp3) is 0.105. The molecule has 3 N–H and O–H groups in total. The van der Waals surface area contributed by atoms with Crippen LogP contribution in [0.25, 0.3) is 21.9 Å². The molecule has 0 spiro atoms. The Hall–Kier alpha value is -3.68. The van der Waals surface area contributed by atoms with E-state index in [-0.39, 0.29) is 11.4 Å². The van der Waals surface area contributed by atoms with Gasteiger partial charge in [0.25, 0.3) is 5.56 Å². The van der Waals surface area contributed by atoms with Crippen LogP contribution in [-0.2, 0) is 0 Å². The van der Waals surface area contributed by atoms with Crippen molar-refractivity contribution >= 4 is 33.6 Å². The monoisotopic (exact) mass is 366 g/mol. The second-order valence-electron chi connectivity index (χ2n) is 6.11. The smallest absolute Gasteiger partial charge is 0.319 e. The highest BCUT2D eigenvalue weighted by Gasteiger charge is 2.15. The van der Waals surface area contributed by atoms with Crippen LogP contribution in [-0.4, -0.2) is 16.0 Å². The standard InChI is InChI=1S/C19H15FN4O3/c1-10(17-7-11-6-12(20)2-5-16(11)27-17)23-19(26)24-13-3-4-15-14(8-13)18(25)22-9-21-15/h2-10H,1H3,(H,21,22,25)(H2,23,24,26). The number of aromatic nitrogens is 2. The van der Waals surface area contributed by atoms with Gasteiger partial charge in [0.05, 0.1) is 23.3 Å². The van der Waals surface area contributed by atoms with E-state index < -0.39 is 12.1 Å². The highest BCUT2D eigenvalue weighted by atomic mass is 19.1. The number of hydrogen-bond acceptors (Lipinski definition) is 4. The molecule has 0 saturated carbocycles. The lowest BCUT2D eigenvalue weighted by atomic mass is 10.2. The molecule has 136 valence electrons. The summed E-state index contributed by atoms with van der Waals surface area (Å²) in [6.45, 7) is 1.75. The third-order valence-electron chi connectivity index (χ3n) is 4.17. The number of benzene rings is 2. The fourth-order valence-corrected chi connectivity index (χ4v) is 2.83. The van der Waals surface area contributed by atoms with Gasteiger partial charge in [0.1, 0.15) is 17.2 Å². The van der Waals surface area contributed by atoms with Gasteiger partial charge in [0, 0.05) is 11.1 Å². The molecule has 8 heteroatoms. The van der Waals surface area contributed by atoms with E-state index in [9.17, 15) is 14.0 Å². The van der Waals surface area contributed by atoms with Crippen molar-refractivity contribution in [2.45, 2.75) is 13.0 Å². The maximum absolute atomic E-state index is 13.3. The summed E-state index contributed by atoms with van der Waals surface area (Å²) < 4.78 is 18.9. The lowest BCUT2D eigenvalue weighted by Crippen LogP contribution is -2.31. The van der Waals surface area contributed by atoms with Gasteiger partial charge in [-0.3, -0.25) is 4.79 Å². The van der Waals surface area contributed by atoms with Crippen molar-refractivity contribution in [3.63, 3.8) is 0 Å². The number of halogens is 1. The minimum absolute atomic E-state index is 0.285. The van der Waals surface area contributed by atoms with Crippen LogP contribution >= 0.6 is 0 Å². The minimum atomic E-state index is -0.464. The van der Waals surface area contributed by atoms with Crippen LogP contribution in [0.1, 0.15) is 18.7 Å². The van der Waals surface area contributed by atoms with Crippen LogP contribution in [0.3, 0.4) is 0 Å². The maximum Gasteiger partial charge on any atom is 0.319 e.